The van der Waals surface area contributed by atoms with Gasteiger partial charge in [-0.05, 0) is 12.8 Å². The molecule has 0 fully saturated rings. The van der Waals surface area contributed by atoms with Crippen molar-refractivity contribution in [1.82, 2.24) is 0 Å². The Bertz CT molecular complexity index is 224. The van der Waals surface area contributed by atoms with E-state index in [1.807, 2.05) is 0 Å². The molecule has 5 nitrogen and oxygen atoms in total. The monoisotopic (exact) mass is 218 g/mol. The highest BCUT2D eigenvalue weighted by molar-refractivity contribution is 5.75. The number of rotatable bonds is 5. The minimum atomic E-state index is -0.850. The average molecular weight is 218 g/mol. The normalized spacial score (nSPS) is 16.3. The van der Waals surface area contributed by atoms with E-state index in [0.29, 0.717) is 0 Å². The van der Waals surface area contributed by atoms with E-state index in [1.165, 1.54) is 21.1 Å². The molecule has 0 amide bonds. The molecule has 0 saturated carbocycles. The maximum atomic E-state index is 11.3. The van der Waals surface area contributed by atoms with Crippen LogP contribution in [0.5, 0.6) is 0 Å². The van der Waals surface area contributed by atoms with Gasteiger partial charge >= 0.3 is 11.9 Å². The highest BCUT2D eigenvalue weighted by Crippen LogP contribution is 2.21. The van der Waals surface area contributed by atoms with Crippen LogP contribution in [-0.4, -0.2) is 37.4 Å². The molecule has 0 bridgehead atoms. The summed E-state index contributed by atoms with van der Waals surface area (Å²) in [5.41, 5.74) is 0. The molecule has 0 saturated heterocycles. The topological polar surface area (TPSA) is 72.8 Å². The van der Waals surface area contributed by atoms with Crippen LogP contribution in [0.4, 0.5) is 0 Å². The molecule has 0 aromatic rings. The van der Waals surface area contributed by atoms with Crippen molar-refractivity contribution in [3.05, 3.63) is 0 Å². The molecule has 0 radical (unpaired) electrons. The molecular formula is C10H18O5. The minimum Gasteiger partial charge on any atom is -0.469 e. The fourth-order valence-electron chi connectivity index (χ4n) is 1.51. The summed E-state index contributed by atoms with van der Waals surface area (Å²) in [7, 11) is 2.53. The van der Waals surface area contributed by atoms with Crippen molar-refractivity contribution in [2.24, 2.45) is 11.8 Å². The van der Waals surface area contributed by atoms with Gasteiger partial charge in [0.25, 0.3) is 0 Å². The van der Waals surface area contributed by atoms with Crippen molar-refractivity contribution in [2.75, 3.05) is 14.2 Å². The number of aliphatic hydroxyl groups excluding tert-OH is 1. The number of esters is 2. The van der Waals surface area contributed by atoms with Gasteiger partial charge in [-0.1, -0.05) is 6.92 Å². The quantitative estimate of drug-likeness (QED) is 0.674. The fraction of sp³-hybridized carbons (Fsp3) is 0.800. The Hall–Kier alpha value is -1.10. The SMILES string of the molecule is COC(=O)CC(C)[C@@H](C(=O)OC)[C@H](C)O. The van der Waals surface area contributed by atoms with E-state index >= 15 is 0 Å². The average Bonchev–Trinajstić information content (AvgIpc) is 2.16. The van der Waals surface area contributed by atoms with Crippen molar-refractivity contribution in [1.29, 1.82) is 0 Å². The lowest BCUT2D eigenvalue weighted by molar-refractivity contribution is -0.153. The second-order valence-corrected chi connectivity index (χ2v) is 3.55. The number of carbonyl (C=O) groups excluding carboxylic acids is 2. The van der Waals surface area contributed by atoms with Gasteiger partial charge in [-0.3, -0.25) is 9.59 Å². The van der Waals surface area contributed by atoms with E-state index in [4.69, 9.17) is 0 Å². The molecule has 5 heteroatoms. The van der Waals surface area contributed by atoms with E-state index in [1.54, 1.807) is 6.92 Å². The smallest absolute Gasteiger partial charge is 0.311 e. The first-order chi connectivity index (χ1) is 6.93. The summed E-state index contributed by atoms with van der Waals surface area (Å²) in [5, 5.41) is 9.42. The van der Waals surface area contributed by atoms with Crippen molar-refractivity contribution >= 4 is 11.9 Å². The third kappa shape index (κ3) is 4.29. The van der Waals surface area contributed by atoms with Crippen LogP contribution in [0.2, 0.25) is 0 Å². The summed E-state index contributed by atoms with van der Waals surface area (Å²) >= 11 is 0. The van der Waals surface area contributed by atoms with Gasteiger partial charge in [-0.25, -0.2) is 0 Å². The molecule has 0 aromatic carbocycles. The summed E-state index contributed by atoms with van der Waals surface area (Å²) in [5.74, 6) is -1.93. The Morgan fingerprint density at radius 2 is 1.73 bits per heavy atom. The Morgan fingerprint density at radius 3 is 2.07 bits per heavy atom. The maximum Gasteiger partial charge on any atom is 0.311 e. The summed E-state index contributed by atoms with van der Waals surface area (Å²) in [6.45, 7) is 3.20. The summed E-state index contributed by atoms with van der Waals surface area (Å²) in [6.07, 6.45) is -0.765. The van der Waals surface area contributed by atoms with Gasteiger partial charge in [0.2, 0.25) is 0 Å². The molecule has 0 spiro atoms. The lowest BCUT2D eigenvalue weighted by atomic mass is 9.87. The van der Waals surface area contributed by atoms with Crippen LogP contribution < -0.4 is 0 Å². The van der Waals surface area contributed by atoms with Crippen LogP contribution in [0.15, 0.2) is 0 Å². The van der Waals surface area contributed by atoms with Crippen molar-refractivity contribution < 1.29 is 24.2 Å². The molecule has 1 N–H and O–H groups in total. The summed E-state index contributed by atoms with van der Waals surface area (Å²) in [6, 6.07) is 0. The molecule has 0 heterocycles. The number of aliphatic hydroxyl groups is 1. The molecule has 0 aliphatic heterocycles. The van der Waals surface area contributed by atoms with Crippen LogP contribution in [0.25, 0.3) is 0 Å². The minimum absolute atomic E-state index is 0.0845. The van der Waals surface area contributed by atoms with Gasteiger partial charge in [0.05, 0.1) is 26.2 Å². The molecule has 3 atom stereocenters. The second kappa shape index (κ2) is 6.40. The van der Waals surface area contributed by atoms with Gasteiger partial charge in [-0.2, -0.15) is 0 Å². The number of methoxy groups -OCH3 is 2. The van der Waals surface area contributed by atoms with Crippen molar-refractivity contribution in [2.45, 2.75) is 26.4 Å². The maximum absolute atomic E-state index is 11.3. The number of hydrogen-bond donors (Lipinski definition) is 1. The third-order valence-corrected chi connectivity index (χ3v) is 2.32. The van der Waals surface area contributed by atoms with E-state index in [-0.39, 0.29) is 12.3 Å². The van der Waals surface area contributed by atoms with Crippen LogP contribution in [0.1, 0.15) is 20.3 Å². The van der Waals surface area contributed by atoms with Crippen molar-refractivity contribution in [3.63, 3.8) is 0 Å². The second-order valence-electron chi connectivity index (χ2n) is 3.55. The van der Waals surface area contributed by atoms with Gasteiger partial charge in [0.15, 0.2) is 0 Å². The van der Waals surface area contributed by atoms with E-state index in [2.05, 4.69) is 9.47 Å². The van der Waals surface area contributed by atoms with Crippen LogP contribution >= 0.6 is 0 Å². The Balaban J connectivity index is 4.49. The lowest BCUT2D eigenvalue weighted by Crippen LogP contribution is -2.34. The highest BCUT2D eigenvalue weighted by atomic mass is 16.5. The third-order valence-electron chi connectivity index (χ3n) is 2.32. The van der Waals surface area contributed by atoms with Gasteiger partial charge in [0, 0.05) is 6.42 Å². The zero-order valence-corrected chi connectivity index (χ0v) is 9.52. The van der Waals surface area contributed by atoms with E-state index in [9.17, 15) is 14.7 Å². The molecule has 0 aromatic heterocycles. The zero-order valence-electron chi connectivity index (χ0n) is 9.52. The Kier molecular flexibility index (Phi) is 5.93. The first-order valence-electron chi connectivity index (χ1n) is 4.76. The first-order valence-corrected chi connectivity index (χ1v) is 4.76. The van der Waals surface area contributed by atoms with Crippen LogP contribution in [0, 0.1) is 11.8 Å². The molecule has 0 aliphatic rings. The van der Waals surface area contributed by atoms with E-state index in [0.717, 1.165) is 0 Å². The summed E-state index contributed by atoms with van der Waals surface area (Å²) < 4.78 is 9.05. The Labute approximate surface area is 89.4 Å². The highest BCUT2D eigenvalue weighted by Gasteiger charge is 2.31. The number of carbonyl (C=O) groups is 2. The fourth-order valence-corrected chi connectivity index (χ4v) is 1.51. The molecule has 88 valence electrons. The predicted octanol–water partition coefficient (Wildman–Crippen LogP) is 0.356. The van der Waals surface area contributed by atoms with Crippen LogP contribution in [0.3, 0.4) is 0 Å². The Morgan fingerprint density at radius 1 is 1.20 bits per heavy atom. The number of ether oxygens (including phenoxy) is 2. The van der Waals surface area contributed by atoms with E-state index < -0.39 is 24.0 Å². The number of hydrogen-bond acceptors (Lipinski definition) is 5. The molecule has 0 aliphatic carbocycles. The van der Waals surface area contributed by atoms with Gasteiger partial charge in [0.1, 0.15) is 0 Å². The molecular weight excluding hydrogens is 200 g/mol. The first kappa shape index (κ1) is 13.9. The van der Waals surface area contributed by atoms with Gasteiger partial charge in [-0.15, -0.1) is 0 Å². The molecule has 15 heavy (non-hydrogen) atoms. The molecule has 0 rings (SSSR count). The molecule has 1 unspecified atom stereocenters. The van der Waals surface area contributed by atoms with Crippen LogP contribution in [-0.2, 0) is 19.1 Å². The zero-order chi connectivity index (χ0) is 12.0. The standard InChI is InChI=1S/C10H18O5/c1-6(5-8(12)14-3)9(7(2)11)10(13)15-4/h6-7,9,11H,5H2,1-4H3/t6?,7-,9+/m0/s1. The predicted molar refractivity (Wildman–Crippen MR) is 53.0 cm³/mol. The largest absolute Gasteiger partial charge is 0.469 e. The van der Waals surface area contributed by atoms with Gasteiger partial charge < -0.3 is 14.6 Å². The summed E-state index contributed by atoms with van der Waals surface area (Å²) in [4.78, 5) is 22.3. The lowest BCUT2D eigenvalue weighted by Gasteiger charge is -2.23. The van der Waals surface area contributed by atoms with Crippen molar-refractivity contribution in [3.8, 4) is 0 Å².